The fourth-order valence-corrected chi connectivity index (χ4v) is 1.03. The predicted octanol–water partition coefficient (Wildman–Crippen LogP) is -0.306. The highest BCUT2D eigenvalue weighted by atomic mass is 31.2. The van der Waals surface area contributed by atoms with Crippen LogP contribution < -0.4 is 0 Å². The zero-order valence-corrected chi connectivity index (χ0v) is 8.02. The van der Waals surface area contributed by atoms with Crippen LogP contribution in [0.25, 0.3) is 0 Å². The van der Waals surface area contributed by atoms with Crippen molar-refractivity contribution in [2.24, 2.45) is 0 Å². The molecule has 0 atom stereocenters. The summed E-state index contributed by atoms with van der Waals surface area (Å²) in [7, 11) is -2.57. The minimum absolute atomic E-state index is 0.161. The fourth-order valence-electron chi connectivity index (χ4n) is 0.660. The van der Waals surface area contributed by atoms with Crippen molar-refractivity contribution in [3.63, 3.8) is 0 Å². The van der Waals surface area contributed by atoms with E-state index in [-0.39, 0.29) is 13.1 Å². The Balaban J connectivity index is 3.83. The lowest BCUT2D eigenvalue weighted by Crippen LogP contribution is -2.25. The van der Waals surface area contributed by atoms with Crippen LogP contribution in [0.5, 0.6) is 0 Å². The number of hydrogen-bond donors (Lipinski definition) is 3. The second kappa shape index (κ2) is 5.14. The van der Waals surface area contributed by atoms with E-state index in [1.807, 2.05) is 0 Å². The number of likely N-dealkylation sites (N-methyl/N-ethyl adjacent to an activating group) is 1. The van der Waals surface area contributed by atoms with Crippen molar-refractivity contribution < 1.29 is 24.3 Å². The van der Waals surface area contributed by atoms with E-state index in [0.717, 1.165) is 5.82 Å². The van der Waals surface area contributed by atoms with Gasteiger partial charge in [0.1, 0.15) is 0 Å². The largest absolute Gasteiger partial charge is 0.480 e. The quantitative estimate of drug-likeness (QED) is 0.537. The van der Waals surface area contributed by atoms with Gasteiger partial charge in [0.2, 0.25) is 0 Å². The Morgan fingerprint density at radius 2 is 2.08 bits per heavy atom. The first-order valence-corrected chi connectivity index (χ1v) is 5.12. The molecule has 0 aromatic heterocycles. The van der Waals surface area contributed by atoms with Gasteiger partial charge in [0.15, 0.2) is 0 Å². The van der Waals surface area contributed by atoms with Crippen LogP contribution in [0, 0.1) is 0 Å². The molecule has 0 fully saturated rings. The van der Waals surface area contributed by atoms with Gasteiger partial charge >= 0.3 is 13.6 Å². The minimum atomic E-state index is -4.11. The van der Waals surface area contributed by atoms with Gasteiger partial charge in [-0.15, -0.1) is 0 Å². The Bertz CT molecular complexity index is 245. The van der Waals surface area contributed by atoms with Gasteiger partial charge in [-0.3, -0.25) is 14.3 Å². The molecule has 13 heavy (non-hydrogen) atoms. The van der Waals surface area contributed by atoms with Crippen molar-refractivity contribution in [3.05, 3.63) is 11.9 Å². The molecule has 7 heteroatoms. The van der Waals surface area contributed by atoms with Gasteiger partial charge in [0, 0.05) is 12.4 Å². The van der Waals surface area contributed by atoms with Crippen molar-refractivity contribution in [1.29, 1.82) is 0 Å². The van der Waals surface area contributed by atoms with E-state index in [4.69, 9.17) is 14.9 Å². The van der Waals surface area contributed by atoms with Crippen LogP contribution in [-0.4, -0.2) is 45.9 Å². The third kappa shape index (κ3) is 9.23. The van der Waals surface area contributed by atoms with E-state index in [1.165, 1.54) is 18.0 Å². The van der Waals surface area contributed by atoms with E-state index in [2.05, 4.69) is 0 Å². The standard InChI is InChI=1S/C6H12NO5P/c1-7(5-6(8)9)3-2-4-13(10,11)12/h2,4H,3,5H2,1H3,(H,8,9)(H2,10,11,12). The SMILES string of the molecule is CN(CC=CP(=O)(O)O)CC(=O)O. The van der Waals surface area contributed by atoms with Crippen molar-refractivity contribution in [2.45, 2.75) is 0 Å². The second-order valence-corrected chi connectivity index (χ2v) is 4.04. The highest BCUT2D eigenvalue weighted by Gasteiger charge is 2.06. The first-order valence-electron chi connectivity index (χ1n) is 3.44. The average Bonchev–Trinajstić information content (AvgIpc) is 1.81. The van der Waals surface area contributed by atoms with Gasteiger partial charge in [-0.25, -0.2) is 0 Å². The summed E-state index contributed by atoms with van der Waals surface area (Å²) in [4.78, 5) is 28.4. The molecule has 76 valence electrons. The molecule has 0 radical (unpaired) electrons. The van der Waals surface area contributed by atoms with Gasteiger partial charge in [0.25, 0.3) is 0 Å². The molecular weight excluding hydrogens is 197 g/mol. The smallest absolute Gasteiger partial charge is 0.348 e. The second-order valence-electron chi connectivity index (χ2n) is 2.56. The van der Waals surface area contributed by atoms with E-state index in [0.29, 0.717) is 0 Å². The van der Waals surface area contributed by atoms with Crippen molar-refractivity contribution in [2.75, 3.05) is 20.1 Å². The van der Waals surface area contributed by atoms with Crippen LogP contribution in [0.4, 0.5) is 0 Å². The lowest BCUT2D eigenvalue weighted by Gasteiger charge is -2.09. The molecule has 0 saturated carbocycles. The van der Waals surface area contributed by atoms with Crippen LogP contribution in [0.1, 0.15) is 0 Å². The molecule has 3 N–H and O–H groups in total. The van der Waals surface area contributed by atoms with Crippen LogP contribution in [-0.2, 0) is 9.36 Å². The minimum Gasteiger partial charge on any atom is -0.480 e. The molecule has 0 saturated heterocycles. The lowest BCUT2D eigenvalue weighted by atomic mass is 10.5. The molecule has 0 spiro atoms. The molecule has 0 bridgehead atoms. The number of carboxylic acids is 1. The fraction of sp³-hybridized carbons (Fsp3) is 0.500. The van der Waals surface area contributed by atoms with Gasteiger partial charge in [0.05, 0.1) is 6.54 Å². The van der Waals surface area contributed by atoms with Gasteiger partial charge < -0.3 is 14.9 Å². The number of hydrogen-bond acceptors (Lipinski definition) is 3. The zero-order chi connectivity index (χ0) is 10.5. The van der Waals surface area contributed by atoms with Crippen LogP contribution in [0.15, 0.2) is 11.9 Å². The molecule has 0 amide bonds. The summed E-state index contributed by atoms with van der Waals surface area (Å²) in [5, 5.41) is 8.32. The highest BCUT2D eigenvalue weighted by molar-refractivity contribution is 7.55. The number of carbonyl (C=O) groups is 1. The molecule has 0 aliphatic rings. The van der Waals surface area contributed by atoms with Gasteiger partial charge in [-0.1, -0.05) is 6.08 Å². The maximum atomic E-state index is 10.3. The van der Waals surface area contributed by atoms with Crippen molar-refractivity contribution in [3.8, 4) is 0 Å². The van der Waals surface area contributed by atoms with E-state index in [9.17, 15) is 9.36 Å². The zero-order valence-electron chi connectivity index (χ0n) is 7.12. The van der Waals surface area contributed by atoms with E-state index < -0.39 is 13.6 Å². The van der Waals surface area contributed by atoms with Gasteiger partial charge in [-0.2, -0.15) is 0 Å². The van der Waals surface area contributed by atoms with Crippen molar-refractivity contribution >= 4 is 13.6 Å². The number of nitrogens with zero attached hydrogens (tertiary/aromatic N) is 1. The average molecular weight is 209 g/mol. The summed E-state index contributed by atoms with van der Waals surface area (Å²) in [5.41, 5.74) is 0. The summed E-state index contributed by atoms with van der Waals surface area (Å²) in [6.07, 6.45) is 1.24. The summed E-state index contributed by atoms with van der Waals surface area (Å²) in [5.74, 6) is -0.224. The molecule has 0 aliphatic heterocycles. The Morgan fingerprint density at radius 1 is 1.54 bits per heavy atom. The normalized spacial score (nSPS) is 12.6. The van der Waals surface area contributed by atoms with Crippen LogP contribution >= 0.6 is 7.60 Å². The first-order chi connectivity index (χ1) is 5.81. The Kier molecular flexibility index (Phi) is 4.87. The number of aliphatic carboxylic acids is 1. The summed E-state index contributed by atoms with van der Waals surface area (Å²) in [6, 6.07) is 0. The van der Waals surface area contributed by atoms with E-state index >= 15 is 0 Å². The molecule has 0 aliphatic carbocycles. The first kappa shape index (κ1) is 12.3. The van der Waals surface area contributed by atoms with E-state index in [1.54, 1.807) is 0 Å². The summed E-state index contributed by atoms with van der Waals surface area (Å²) >= 11 is 0. The molecular formula is C6H12NO5P. The Labute approximate surface area is 75.6 Å². The number of carboxylic acid groups (broad SMARTS) is 1. The molecule has 0 rings (SSSR count). The Hall–Kier alpha value is -0.680. The number of rotatable bonds is 5. The molecule has 0 heterocycles. The maximum Gasteiger partial charge on any atom is 0.348 e. The maximum absolute atomic E-state index is 10.3. The molecule has 0 aromatic carbocycles. The lowest BCUT2D eigenvalue weighted by molar-refractivity contribution is -0.137. The summed E-state index contributed by atoms with van der Waals surface area (Å²) in [6.45, 7) is 0.0307. The highest BCUT2D eigenvalue weighted by Crippen LogP contribution is 2.35. The van der Waals surface area contributed by atoms with Gasteiger partial charge in [-0.05, 0) is 7.05 Å². The topological polar surface area (TPSA) is 98.1 Å². The Morgan fingerprint density at radius 3 is 2.46 bits per heavy atom. The molecule has 0 unspecified atom stereocenters. The van der Waals surface area contributed by atoms with Crippen LogP contribution in [0.3, 0.4) is 0 Å². The van der Waals surface area contributed by atoms with Crippen molar-refractivity contribution in [1.82, 2.24) is 4.90 Å². The third-order valence-corrected chi connectivity index (χ3v) is 1.72. The van der Waals surface area contributed by atoms with Crippen LogP contribution in [0.2, 0.25) is 0 Å². The predicted molar refractivity (Wildman–Crippen MR) is 46.3 cm³/mol. The molecule has 6 nitrogen and oxygen atoms in total. The third-order valence-electron chi connectivity index (χ3n) is 1.12. The monoisotopic (exact) mass is 209 g/mol. The summed E-state index contributed by atoms with van der Waals surface area (Å²) < 4.78 is 10.3. The molecule has 0 aromatic rings.